The van der Waals surface area contributed by atoms with Gasteiger partial charge in [0.1, 0.15) is 0 Å². The summed E-state index contributed by atoms with van der Waals surface area (Å²) in [5.74, 6) is 0. The summed E-state index contributed by atoms with van der Waals surface area (Å²) in [7, 11) is 0. The van der Waals surface area contributed by atoms with E-state index in [1.807, 2.05) is 0 Å². The van der Waals surface area contributed by atoms with Crippen molar-refractivity contribution in [2.75, 3.05) is 0 Å². The van der Waals surface area contributed by atoms with Crippen molar-refractivity contribution in [3.8, 4) is 0 Å². The van der Waals surface area contributed by atoms with Crippen LogP contribution in [0.1, 0.15) is 24.1 Å². The first-order valence-corrected chi connectivity index (χ1v) is 7.63. The second kappa shape index (κ2) is 5.45. The maximum atomic E-state index is 4.05. The minimum absolute atomic E-state index is 0.313. The van der Waals surface area contributed by atoms with E-state index < -0.39 is 0 Å². The van der Waals surface area contributed by atoms with E-state index in [0.717, 1.165) is 10.9 Å². The van der Waals surface area contributed by atoms with Crippen LogP contribution in [0.4, 0.5) is 0 Å². The van der Waals surface area contributed by atoms with Crippen LogP contribution < -0.4 is 0 Å². The zero-order valence-corrected chi connectivity index (χ0v) is 13.1. The topological polar surface area (TPSA) is 4.93 Å². The minimum atomic E-state index is 0.313. The van der Waals surface area contributed by atoms with Gasteiger partial charge in [0.2, 0.25) is 0 Å². The van der Waals surface area contributed by atoms with Crippen molar-refractivity contribution in [2.24, 2.45) is 0 Å². The second-order valence-corrected chi connectivity index (χ2v) is 5.98. The third kappa shape index (κ3) is 2.29. The molecule has 20 heavy (non-hydrogen) atoms. The van der Waals surface area contributed by atoms with E-state index in [1.165, 1.54) is 22.0 Å². The number of fused-ring (bicyclic) bond motifs is 1. The molecule has 0 aliphatic heterocycles. The number of hydrogen-bond donors (Lipinski definition) is 0. The van der Waals surface area contributed by atoms with E-state index in [4.69, 9.17) is 0 Å². The largest absolute Gasteiger partial charge is 0.340 e. The molecule has 0 aliphatic rings. The number of benzene rings is 2. The first-order chi connectivity index (χ1) is 9.70. The predicted octanol–water partition coefficient (Wildman–Crippen LogP) is 5.39. The van der Waals surface area contributed by atoms with Crippen LogP contribution >= 0.6 is 15.9 Å². The van der Waals surface area contributed by atoms with Crippen molar-refractivity contribution in [2.45, 2.75) is 19.4 Å². The quantitative estimate of drug-likeness (QED) is 0.608. The highest BCUT2D eigenvalue weighted by Gasteiger charge is 2.13. The number of halogens is 1. The first-order valence-electron chi connectivity index (χ1n) is 6.84. The molecule has 1 atom stereocenters. The monoisotopic (exact) mass is 326 g/mol. The lowest BCUT2D eigenvalue weighted by Gasteiger charge is -2.16. The van der Waals surface area contributed by atoms with E-state index in [9.17, 15) is 0 Å². The van der Waals surface area contributed by atoms with Crippen LogP contribution in [0.15, 0.2) is 59.2 Å². The molecule has 1 radical (unpaired) electrons. The summed E-state index contributed by atoms with van der Waals surface area (Å²) in [6.45, 7) is 6.29. The molecular weight excluding hydrogens is 310 g/mol. The Balaban J connectivity index is 2.18. The van der Waals surface area contributed by atoms with Gasteiger partial charge in [0, 0.05) is 21.6 Å². The number of aromatic nitrogens is 1. The maximum absolute atomic E-state index is 4.05. The Morgan fingerprint density at radius 3 is 2.60 bits per heavy atom. The van der Waals surface area contributed by atoms with E-state index in [-0.39, 0.29) is 0 Å². The molecule has 0 spiro atoms. The predicted molar refractivity (Wildman–Crippen MR) is 89.0 cm³/mol. The first kappa shape index (κ1) is 13.4. The zero-order valence-electron chi connectivity index (χ0n) is 11.5. The van der Waals surface area contributed by atoms with Gasteiger partial charge >= 0.3 is 0 Å². The molecule has 0 N–H and O–H groups in total. The molecule has 3 rings (SSSR count). The van der Waals surface area contributed by atoms with Gasteiger partial charge in [-0.2, -0.15) is 0 Å². The molecule has 0 bridgehead atoms. The van der Waals surface area contributed by atoms with Gasteiger partial charge in [-0.15, -0.1) is 0 Å². The smallest absolute Gasteiger partial charge is 0.0557 e. The van der Waals surface area contributed by atoms with Crippen LogP contribution in [0.25, 0.3) is 10.9 Å². The van der Waals surface area contributed by atoms with Crippen molar-refractivity contribution in [1.82, 2.24) is 4.57 Å². The summed E-state index contributed by atoms with van der Waals surface area (Å²) in [6.07, 6.45) is 3.05. The zero-order chi connectivity index (χ0) is 14.1. The molecule has 1 nitrogen and oxygen atoms in total. The lowest BCUT2D eigenvalue weighted by Crippen LogP contribution is -2.05. The van der Waals surface area contributed by atoms with Gasteiger partial charge in [0.15, 0.2) is 0 Å². The van der Waals surface area contributed by atoms with Crippen molar-refractivity contribution >= 4 is 26.8 Å². The van der Waals surface area contributed by atoms with Crippen molar-refractivity contribution in [1.29, 1.82) is 0 Å². The van der Waals surface area contributed by atoms with Crippen LogP contribution in [-0.4, -0.2) is 4.57 Å². The fraction of sp³-hybridized carbons (Fsp3) is 0.167. The van der Waals surface area contributed by atoms with Gasteiger partial charge < -0.3 is 4.57 Å². The average Bonchev–Trinajstić information content (AvgIpc) is 2.85. The van der Waals surface area contributed by atoms with Crippen LogP contribution in [-0.2, 0) is 6.42 Å². The second-order valence-electron chi connectivity index (χ2n) is 5.06. The Bertz CT molecular complexity index is 728. The van der Waals surface area contributed by atoms with Crippen LogP contribution in [0.5, 0.6) is 0 Å². The lowest BCUT2D eigenvalue weighted by atomic mass is 10.1. The molecule has 3 aromatic rings. The molecule has 1 aromatic heterocycles. The number of hydrogen-bond acceptors (Lipinski definition) is 0. The molecule has 0 saturated carbocycles. The number of nitrogens with zero attached hydrogens (tertiary/aromatic N) is 1. The third-order valence-electron chi connectivity index (χ3n) is 3.85. The van der Waals surface area contributed by atoms with Crippen molar-refractivity contribution < 1.29 is 0 Å². The Morgan fingerprint density at radius 1 is 1.15 bits per heavy atom. The third-order valence-corrected chi connectivity index (χ3v) is 4.34. The summed E-state index contributed by atoms with van der Waals surface area (Å²) >= 11 is 3.57. The minimum Gasteiger partial charge on any atom is -0.340 e. The van der Waals surface area contributed by atoms with Gasteiger partial charge in [-0.05, 0) is 43.5 Å². The lowest BCUT2D eigenvalue weighted by molar-refractivity contribution is 0.662. The molecule has 101 valence electrons. The Labute approximate surface area is 128 Å². The summed E-state index contributed by atoms with van der Waals surface area (Å²) in [5, 5.41) is 1.30. The Hall–Kier alpha value is -1.54. The maximum Gasteiger partial charge on any atom is 0.0557 e. The van der Waals surface area contributed by atoms with Crippen LogP contribution in [0.3, 0.4) is 0 Å². The van der Waals surface area contributed by atoms with Gasteiger partial charge in [0.25, 0.3) is 0 Å². The SMILES string of the molecule is [CH2]Cc1cn(C(C)c2ccccc2)c2cc(Br)ccc12. The standard InChI is InChI=1S/C18H17BrN/c1-3-14-12-20(13(2)15-7-5-4-6-8-15)18-11-16(19)9-10-17(14)18/h4-13H,1,3H2,2H3. The molecule has 1 heterocycles. The van der Waals surface area contributed by atoms with Crippen LogP contribution in [0, 0.1) is 6.92 Å². The average molecular weight is 327 g/mol. The molecule has 2 heteroatoms. The molecule has 0 aliphatic carbocycles. The van der Waals surface area contributed by atoms with Gasteiger partial charge in [-0.3, -0.25) is 0 Å². The Kier molecular flexibility index (Phi) is 3.66. The van der Waals surface area contributed by atoms with Gasteiger partial charge in [0.05, 0.1) is 6.04 Å². The van der Waals surface area contributed by atoms with Crippen molar-refractivity contribution in [3.05, 3.63) is 77.3 Å². The molecule has 0 saturated heterocycles. The van der Waals surface area contributed by atoms with Gasteiger partial charge in [-0.1, -0.05) is 52.3 Å². The highest BCUT2D eigenvalue weighted by molar-refractivity contribution is 9.10. The summed E-state index contributed by atoms with van der Waals surface area (Å²) in [6, 6.07) is 17.4. The van der Waals surface area contributed by atoms with E-state index >= 15 is 0 Å². The summed E-state index contributed by atoms with van der Waals surface area (Å²) in [5.41, 5.74) is 3.88. The fourth-order valence-corrected chi connectivity index (χ4v) is 3.06. The van der Waals surface area contributed by atoms with E-state index in [1.54, 1.807) is 0 Å². The molecule has 2 aromatic carbocycles. The highest BCUT2D eigenvalue weighted by Crippen LogP contribution is 2.30. The summed E-state index contributed by atoms with van der Waals surface area (Å²) < 4.78 is 3.45. The molecular formula is C18H17BrN. The van der Waals surface area contributed by atoms with Gasteiger partial charge in [-0.25, -0.2) is 0 Å². The van der Waals surface area contributed by atoms with E-state index in [2.05, 4.69) is 89.1 Å². The highest BCUT2D eigenvalue weighted by atomic mass is 79.9. The number of rotatable bonds is 3. The molecule has 0 fully saturated rings. The van der Waals surface area contributed by atoms with Crippen molar-refractivity contribution in [3.63, 3.8) is 0 Å². The fourth-order valence-electron chi connectivity index (χ4n) is 2.71. The van der Waals surface area contributed by atoms with E-state index in [0.29, 0.717) is 6.04 Å². The summed E-state index contributed by atoms with van der Waals surface area (Å²) in [4.78, 5) is 0. The molecule has 0 amide bonds. The Morgan fingerprint density at radius 2 is 1.90 bits per heavy atom. The van der Waals surface area contributed by atoms with Crippen LogP contribution in [0.2, 0.25) is 0 Å². The molecule has 1 unspecified atom stereocenters. The normalized spacial score (nSPS) is 12.8.